The maximum atomic E-state index is 10.4. The Balaban J connectivity index is 3.58. The van der Waals surface area contributed by atoms with Crippen LogP contribution in [0, 0.1) is 0 Å². The lowest BCUT2D eigenvalue weighted by Gasteiger charge is -2.20. The molecule has 10 heavy (non-hydrogen) atoms. The first kappa shape index (κ1) is 10.7. The molecule has 0 aromatic rings. The lowest BCUT2D eigenvalue weighted by atomic mass is 10.9. The van der Waals surface area contributed by atoms with E-state index in [4.69, 9.17) is 23.2 Å². The molecular formula is C3H6Cl2O4P-. The van der Waals surface area contributed by atoms with Gasteiger partial charge in [-0.25, -0.2) is 0 Å². The Labute approximate surface area is 68.6 Å². The van der Waals surface area contributed by atoms with E-state index in [1.165, 1.54) is 0 Å². The summed E-state index contributed by atoms with van der Waals surface area (Å²) in [5, 5.41) is 0. The fourth-order valence-corrected chi connectivity index (χ4v) is 0.939. The fraction of sp³-hybridized carbons (Fsp3) is 1.00. The van der Waals surface area contributed by atoms with Crippen LogP contribution >= 0.6 is 31.0 Å². The van der Waals surface area contributed by atoms with E-state index >= 15 is 0 Å². The summed E-state index contributed by atoms with van der Waals surface area (Å²) in [6.45, 7) is -0.294. The van der Waals surface area contributed by atoms with Crippen molar-refractivity contribution >= 4 is 31.0 Å². The van der Waals surface area contributed by atoms with Crippen molar-refractivity contribution in [1.82, 2.24) is 0 Å². The molecule has 0 aliphatic rings. The standard InChI is InChI=1S/C3H7Cl2O4P/c1-8-10(6,7)9-2-3(4)5/h3H,2H2,1H3,(H,6,7)/p-1. The van der Waals surface area contributed by atoms with Crippen molar-refractivity contribution in [1.29, 1.82) is 0 Å². The summed E-state index contributed by atoms with van der Waals surface area (Å²) >= 11 is 10.3. The number of hydrogen-bond donors (Lipinski definition) is 0. The molecular weight excluding hydrogens is 202 g/mol. The summed E-state index contributed by atoms with van der Waals surface area (Å²) < 4.78 is 18.5. The smallest absolute Gasteiger partial charge is 0.267 e. The third-order valence-corrected chi connectivity index (χ3v) is 1.75. The summed E-state index contributed by atoms with van der Waals surface area (Å²) in [5.74, 6) is 0. The third-order valence-electron chi connectivity index (χ3n) is 0.582. The first-order valence-electron chi connectivity index (χ1n) is 2.27. The van der Waals surface area contributed by atoms with Crippen LogP contribution in [0.5, 0.6) is 0 Å². The minimum Gasteiger partial charge on any atom is -0.756 e. The molecule has 0 heterocycles. The molecule has 0 saturated heterocycles. The molecule has 0 saturated carbocycles. The second-order valence-corrected chi connectivity index (χ2v) is 4.11. The van der Waals surface area contributed by atoms with Crippen LogP contribution in [-0.2, 0) is 13.6 Å². The molecule has 0 N–H and O–H groups in total. The van der Waals surface area contributed by atoms with Gasteiger partial charge in [0.25, 0.3) is 7.82 Å². The predicted octanol–water partition coefficient (Wildman–Crippen LogP) is 0.921. The number of halogens is 2. The zero-order valence-electron chi connectivity index (χ0n) is 5.12. The number of hydrogen-bond acceptors (Lipinski definition) is 4. The average Bonchev–Trinajstić information content (AvgIpc) is 1.85. The van der Waals surface area contributed by atoms with E-state index < -0.39 is 12.7 Å². The van der Waals surface area contributed by atoms with Gasteiger partial charge in [0.05, 0.1) is 6.61 Å². The molecule has 0 aliphatic heterocycles. The lowest BCUT2D eigenvalue weighted by molar-refractivity contribution is -0.222. The summed E-state index contributed by atoms with van der Waals surface area (Å²) in [5.41, 5.74) is 0. The van der Waals surface area contributed by atoms with Gasteiger partial charge in [-0.15, -0.1) is 23.2 Å². The van der Waals surface area contributed by atoms with Crippen molar-refractivity contribution in [3.05, 3.63) is 0 Å². The molecule has 1 atom stereocenters. The van der Waals surface area contributed by atoms with Crippen LogP contribution in [0.1, 0.15) is 0 Å². The summed E-state index contributed by atoms with van der Waals surface area (Å²) in [4.78, 5) is 9.51. The Kier molecular flexibility index (Phi) is 4.86. The molecule has 0 amide bonds. The lowest BCUT2D eigenvalue weighted by Crippen LogP contribution is -2.10. The quantitative estimate of drug-likeness (QED) is 0.509. The van der Waals surface area contributed by atoms with Gasteiger partial charge < -0.3 is 13.9 Å². The molecule has 0 rings (SSSR count). The summed E-state index contributed by atoms with van der Waals surface area (Å²) in [6.07, 6.45) is 0. The second kappa shape index (κ2) is 4.54. The average molecular weight is 208 g/mol. The fourth-order valence-electron chi connectivity index (χ4n) is 0.200. The maximum Gasteiger partial charge on any atom is 0.267 e. The molecule has 0 radical (unpaired) electrons. The minimum atomic E-state index is -4.15. The normalized spacial score (nSPS) is 17.3. The molecule has 4 nitrogen and oxygen atoms in total. The molecule has 1 unspecified atom stereocenters. The van der Waals surface area contributed by atoms with E-state index in [1.54, 1.807) is 0 Å². The molecule has 0 bridgehead atoms. The van der Waals surface area contributed by atoms with Crippen LogP contribution in [0.25, 0.3) is 0 Å². The highest BCUT2D eigenvalue weighted by molar-refractivity contribution is 7.45. The SMILES string of the molecule is COP(=O)([O-])OCC(Cl)Cl. The molecule has 0 aliphatic carbocycles. The Bertz CT molecular complexity index is 138. The van der Waals surface area contributed by atoms with Gasteiger partial charge in [0, 0.05) is 7.11 Å². The third kappa shape index (κ3) is 5.47. The summed E-state index contributed by atoms with van der Waals surface area (Å²) in [7, 11) is -3.15. The molecule has 0 aromatic carbocycles. The molecule has 7 heteroatoms. The van der Waals surface area contributed by atoms with Crippen molar-refractivity contribution in [2.24, 2.45) is 0 Å². The minimum absolute atomic E-state index is 0.294. The summed E-state index contributed by atoms with van der Waals surface area (Å²) in [6, 6.07) is 0. The molecule has 62 valence electrons. The number of rotatable bonds is 4. The topological polar surface area (TPSA) is 58.6 Å². The largest absolute Gasteiger partial charge is 0.756 e. The van der Waals surface area contributed by atoms with Gasteiger partial charge in [-0.2, -0.15) is 0 Å². The first-order valence-corrected chi connectivity index (χ1v) is 4.61. The van der Waals surface area contributed by atoms with Gasteiger partial charge in [-0.3, -0.25) is 4.57 Å². The van der Waals surface area contributed by atoms with E-state index in [0.717, 1.165) is 7.11 Å². The predicted molar refractivity (Wildman–Crippen MR) is 36.1 cm³/mol. The molecule has 0 aromatic heterocycles. The van der Waals surface area contributed by atoms with E-state index in [9.17, 15) is 9.46 Å². The van der Waals surface area contributed by atoms with Crippen LogP contribution in [0.15, 0.2) is 0 Å². The number of alkyl halides is 2. The number of phosphoric ester groups is 1. The van der Waals surface area contributed by atoms with Gasteiger partial charge in [-0.1, -0.05) is 0 Å². The zero-order valence-corrected chi connectivity index (χ0v) is 7.53. The Morgan fingerprint density at radius 2 is 2.20 bits per heavy atom. The van der Waals surface area contributed by atoms with Crippen molar-refractivity contribution in [2.45, 2.75) is 4.84 Å². The molecule has 0 fully saturated rings. The maximum absolute atomic E-state index is 10.4. The van der Waals surface area contributed by atoms with Crippen LogP contribution < -0.4 is 4.89 Å². The van der Waals surface area contributed by atoms with Gasteiger partial charge in [0.15, 0.2) is 0 Å². The highest BCUT2D eigenvalue weighted by Crippen LogP contribution is 2.37. The van der Waals surface area contributed by atoms with Crippen LogP contribution in [0.4, 0.5) is 0 Å². The van der Waals surface area contributed by atoms with Gasteiger partial charge in [0.2, 0.25) is 0 Å². The van der Waals surface area contributed by atoms with E-state index in [2.05, 4.69) is 9.05 Å². The van der Waals surface area contributed by atoms with Crippen LogP contribution in [0.3, 0.4) is 0 Å². The Morgan fingerprint density at radius 3 is 2.50 bits per heavy atom. The van der Waals surface area contributed by atoms with E-state index in [-0.39, 0.29) is 6.61 Å². The van der Waals surface area contributed by atoms with E-state index in [0.29, 0.717) is 0 Å². The zero-order chi connectivity index (χ0) is 8.20. The molecule has 0 spiro atoms. The van der Waals surface area contributed by atoms with Crippen molar-refractivity contribution in [3.8, 4) is 0 Å². The van der Waals surface area contributed by atoms with Crippen molar-refractivity contribution in [3.63, 3.8) is 0 Å². The van der Waals surface area contributed by atoms with Gasteiger partial charge in [-0.05, 0) is 0 Å². The van der Waals surface area contributed by atoms with Crippen LogP contribution in [0.2, 0.25) is 0 Å². The number of phosphoric acid groups is 1. The highest BCUT2D eigenvalue weighted by Gasteiger charge is 2.08. The van der Waals surface area contributed by atoms with Crippen LogP contribution in [-0.4, -0.2) is 18.6 Å². The van der Waals surface area contributed by atoms with Gasteiger partial charge >= 0.3 is 0 Å². The van der Waals surface area contributed by atoms with Gasteiger partial charge in [0.1, 0.15) is 4.84 Å². The highest BCUT2D eigenvalue weighted by atomic mass is 35.5. The van der Waals surface area contributed by atoms with Crippen molar-refractivity contribution in [2.75, 3.05) is 13.7 Å². The Morgan fingerprint density at radius 1 is 1.70 bits per heavy atom. The first-order chi connectivity index (χ1) is 4.48. The second-order valence-electron chi connectivity index (χ2n) is 1.32. The monoisotopic (exact) mass is 207 g/mol. The van der Waals surface area contributed by atoms with Crippen molar-refractivity contribution < 1.29 is 18.5 Å². The van der Waals surface area contributed by atoms with E-state index in [1.807, 2.05) is 0 Å². The Hall–Kier alpha value is 0.690.